The maximum absolute atomic E-state index is 7.38. The summed E-state index contributed by atoms with van der Waals surface area (Å²) in [4.78, 5) is 12.6. The summed E-state index contributed by atoms with van der Waals surface area (Å²) >= 11 is 0. The van der Waals surface area contributed by atoms with E-state index in [9.17, 15) is 0 Å². The predicted molar refractivity (Wildman–Crippen MR) is 372 cm³/mol. The Morgan fingerprint density at radius 3 is 0.865 bits per heavy atom. The smallest absolute Gasteiger partial charge is 0.256 e. The van der Waals surface area contributed by atoms with Crippen molar-refractivity contribution in [2.45, 2.75) is 0 Å². The molecule has 0 aliphatic carbocycles. The van der Waals surface area contributed by atoms with Crippen LogP contribution in [0, 0.1) is 0 Å². The monoisotopic (exact) mass is 1130 g/mol. The molecule has 0 aromatic heterocycles. The van der Waals surface area contributed by atoms with Crippen LogP contribution in [0.15, 0.2) is 285 Å². The first-order valence-corrected chi connectivity index (χ1v) is 31.0. The number of hydrogen-bond acceptors (Lipinski definition) is 7. The van der Waals surface area contributed by atoms with Gasteiger partial charge in [-0.25, -0.2) is 0 Å². The number of ether oxygens (including phenoxy) is 2. The maximum Gasteiger partial charge on any atom is 0.256 e. The van der Waals surface area contributed by atoms with E-state index < -0.39 is 0 Å². The van der Waals surface area contributed by atoms with Crippen molar-refractivity contribution in [1.29, 1.82) is 0 Å². The first kappa shape index (κ1) is 47.9. The highest BCUT2D eigenvalue weighted by atomic mass is 16.5. The Morgan fingerprint density at radius 2 is 0.494 bits per heavy atom. The van der Waals surface area contributed by atoms with E-state index in [0.717, 1.165) is 79.9 Å². The molecule has 11 heteroatoms. The summed E-state index contributed by atoms with van der Waals surface area (Å²) < 4.78 is 14.8. The van der Waals surface area contributed by atoms with Gasteiger partial charge < -0.3 is 34.0 Å². The standard InChI is InChI=1S/C78H47B4N5O2/c1-5-23-48(24-6-1)83-60-35-17-13-31-52(60)81-58-43-56-66(46-72(58)88-70-41-21-39-64(83)74(70)81)85(50-27-9-3-10-28-50)68-45-69-77-78-76(68)79(56)54-33-15-19-37-62(54)87(78)63-38-20-16-34-55(63)80(77)57-44-59-73(47-67(57)86(69)51-29-11-4-12-30-51)89-71-42-22-40-65-75(71)82(59)53-32-14-18-36-61(53)84(65)49-25-7-2-8-26-49/h1-47H. The van der Waals surface area contributed by atoms with Crippen LogP contribution in [-0.2, 0) is 0 Å². The van der Waals surface area contributed by atoms with Gasteiger partial charge in [-0.3, -0.25) is 0 Å². The molecule has 89 heavy (non-hydrogen) atoms. The number of nitrogens with zero attached hydrogens (tertiary/aromatic N) is 5. The molecule has 8 aliphatic rings. The van der Waals surface area contributed by atoms with Crippen LogP contribution in [0.3, 0.4) is 0 Å². The zero-order valence-electron chi connectivity index (χ0n) is 48.0. The van der Waals surface area contributed by atoms with Gasteiger partial charge in [0.05, 0.1) is 0 Å². The molecular formula is C78H47B4N5O2. The van der Waals surface area contributed by atoms with Crippen LogP contribution in [0.5, 0.6) is 23.0 Å². The molecule has 0 atom stereocenters. The van der Waals surface area contributed by atoms with E-state index in [-0.39, 0.29) is 26.9 Å². The van der Waals surface area contributed by atoms with Gasteiger partial charge >= 0.3 is 0 Å². The van der Waals surface area contributed by atoms with Gasteiger partial charge in [-0.15, -0.1) is 0 Å². The normalized spacial score (nSPS) is 14.5. The van der Waals surface area contributed by atoms with Gasteiger partial charge in [0.2, 0.25) is 0 Å². The lowest BCUT2D eigenvalue weighted by Crippen LogP contribution is -2.69. The third kappa shape index (κ3) is 6.30. The number of benzene rings is 13. The summed E-state index contributed by atoms with van der Waals surface area (Å²) in [6, 6.07) is 106. The Kier molecular flexibility index (Phi) is 9.52. The molecule has 8 aliphatic heterocycles. The van der Waals surface area contributed by atoms with Gasteiger partial charge in [0, 0.05) is 97.4 Å². The molecule has 0 N–H and O–H groups in total. The molecule has 0 bridgehead atoms. The molecular weight excluding hydrogens is 1080 g/mol. The lowest BCUT2D eigenvalue weighted by atomic mass is 9.27. The van der Waals surface area contributed by atoms with E-state index >= 15 is 0 Å². The molecule has 0 spiro atoms. The number of fused-ring (bicyclic) bond motifs is 18. The van der Waals surface area contributed by atoms with Gasteiger partial charge in [-0.1, -0.05) is 170 Å². The number of rotatable bonds is 4. The fraction of sp³-hybridized carbons (Fsp3) is 0. The maximum atomic E-state index is 7.38. The molecule has 0 amide bonds. The summed E-state index contributed by atoms with van der Waals surface area (Å²) in [6.45, 7) is -0.467. The Hall–Kier alpha value is -11.3. The Bertz CT molecular complexity index is 4930. The molecule has 408 valence electrons. The second kappa shape index (κ2) is 17.7. The molecule has 0 fully saturated rings. The Balaban J connectivity index is 0.841. The van der Waals surface area contributed by atoms with Crippen LogP contribution < -0.4 is 99.5 Å². The number of para-hydroxylation sites is 8. The second-order valence-electron chi connectivity index (χ2n) is 24.6. The van der Waals surface area contributed by atoms with Crippen LogP contribution in [0.2, 0.25) is 0 Å². The number of anilines is 15. The van der Waals surface area contributed by atoms with Crippen LogP contribution in [-0.4, -0.2) is 26.9 Å². The fourth-order valence-corrected chi connectivity index (χ4v) is 17.0. The molecule has 7 nitrogen and oxygen atoms in total. The van der Waals surface area contributed by atoms with Crippen molar-refractivity contribution in [3.63, 3.8) is 0 Å². The minimum Gasteiger partial charge on any atom is -0.458 e. The third-order valence-electron chi connectivity index (χ3n) is 20.3. The van der Waals surface area contributed by atoms with Crippen LogP contribution in [0.1, 0.15) is 0 Å². The molecule has 13 aromatic rings. The largest absolute Gasteiger partial charge is 0.458 e. The summed E-state index contributed by atoms with van der Waals surface area (Å²) in [7, 11) is 0. The highest BCUT2D eigenvalue weighted by Gasteiger charge is 2.54. The van der Waals surface area contributed by atoms with Crippen molar-refractivity contribution in [3.05, 3.63) is 285 Å². The SMILES string of the molecule is c1ccc(N2c3ccccc3B3c4cc5c(cc4Oc4cccc2c43)N(c2ccccc2)c2cc3c4c6c2B5c2ccccc2N6c2ccccc2B4c2cc4c(cc2N3c2ccccc2)Oc2cccc3c2B4c2ccccc2N3c2ccccc2)cc1. The molecule has 0 unspecified atom stereocenters. The van der Waals surface area contributed by atoms with E-state index in [1.54, 1.807) is 0 Å². The molecule has 0 saturated heterocycles. The lowest BCUT2D eigenvalue weighted by Gasteiger charge is -2.51. The lowest BCUT2D eigenvalue weighted by molar-refractivity contribution is 0.487. The van der Waals surface area contributed by atoms with E-state index in [4.69, 9.17) is 9.47 Å². The number of hydrogen-bond donors (Lipinski definition) is 0. The van der Waals surface area contributed by atoms with Crippen molar-refractivity contribution in [3.8, 4) is 23.0 Å². The van der Waals surface area contributed by atoms with Gasteiger partial charge in [-0.2, -0.15) is 0 Å². The zero-order chi connectivity index (χ0) is 57.7. The minimum absolute atomic E-state index is 0.0853. The molecule has 8 heterocycles. The van der Waals surface area contributed by atoms with Gasteiger partial charge in [-0.05, 0) is 169 Å². The van der Waals surface area contributed by atoms with Crippen molar-refractivity contribution < 1.29 is 9.47 Å². The zero-order valence-corrected chi connectivity index (χ0v) is 48.0. The summed E-state index contributed by atoms with van der Waals surface area (Å²) in [5.41, 5.74) is 32.0. The first-order valence-electron chi connectivity index (χ1n) is 31.0. The van der Waals surface area contributed by atoms with Gasteiger partial charge in [0.15, 0.2) is 0 Å². The highest BCUT2D eigenvalue weighted by Crippen LogP contribution is 2.52. The molecule has 21 rings (SSSR count). The first-order chi connectivity index (χ1) is 44.2. The van der Waals surface area contributed by atoms with Crippen LogP contribution >= 0.6 is 0 Å². The van der Waals surface area contributed by atoms with E-state index in [1.807, 2.05) is 0 Å². The van der Waals surface area contributed by atoms with Crippen molar-refractivity contribution >= 4 is 178 Å². The Labute approximate surface area is 516 Å². The topological polar surface area (TPSA) is 34.7 Å². The highest BCUT2D eigenvalue weighted by molar-refractivity contribution is 7.06. The quantitative estimate of drug-likeness (QED) is 0.163. The average Bonchev–Trinajstić information content (AvgIpc) is 0.678. The Morgan fingerprint density at radius 1 is 0.191 bits per heavy atom. The summed E-state index contributed by atoms with van der Waals surface area (Å²) in [5.74, 6) is 3.51. The third-order valence-corrected chi connectivity index (χ3v) is 20.3. The molecule has 0 radical (unpaired) electrons. The second-order valence-corrected chi connectivity index (χ2v) is 24.6. The predicted octanol–water partition coefficient (Wildman–Crippen LogP) is 11.2. The van der Waals surface area contributed by atoms with Crippen LogP contribution in [0.25, 0.3) is 0 Å². The van der Waals surface area contributed by atoms with Gasteiger partial charge in [0.25, 0.3) is 26.9 Å². The van der Waals surface area contributed by atoms with Crippen molar-refractivity contribution in [2.75, 3.05) is 24.5 Å². The van der Waals surface area contributed by atoms with E-state index in [2.05, 4.69) is 310 Å². The molecule has 13 aromatic carbocycles. The summed E-state index contributed by atoms with van der Waals surface area (Å²) in [5, 5.41) is 0. The van der Waals surface area contributed by atoms with Crippen molar-refractivity contribution in [2.24, 2.45) is 0 Å². The van der Waals surface area contributed by atoms with E-state index in [1.165, 1.54) is 94.0 Å². The molecule has 0 saturated carbocycles. The summed E-state index contributed by atoms with van der Waals surface area (Å²) in [6.07, 6.45) is 0. The fourth-order valence-electron chi connectivity index (χ4n) is 17.0. The average molecular weight is 1130 g/mol. The van der Waals surface area contributed by atoms with Gasteiger partial charge in [0.1, 0.15) is 23.0 Å². The minimum atomic E-state index is -0.148. The van der Waals surface area contributed by atoms with Crippen molar-refractivity contribution in [1.82, 2.24) is 0 Å². The van der Waals surface area contributed by atoms with E-state index in [0.29, 0.717) is 0 Å². The van der Waals surface area contributed by atoms with Crippen LogP contribution in [0.4, 0.5) is 85.3 Å².